The van der Waals surface area contributed by atoms with Gasteiger partial charge in [0.05, 0.1) is 27.4 Å². The van der Waals surface area contributed by atoms with Crippen LogP contribution in [0.25, 0.3) is 10.9 Å². The Morgan fingerprint density at radius 2 is 1.62 bits per heavy atom. The maximum absolute atomic E-state index is 11.2. The zero-order valence-electron chi connectivity index (χ0n) is 18.4. The first-order chi connectivity index (χ1) is 15.5. The average molecular weight is 431 g/mol. The molecule has 0 bridgehead atoms. The molecule has 0 aliphatic carbocycles. The van der Waals surface area contributed by atoms with Gasteiger partial charge >= 0.3 is 0 Å². The summed E-state index contributed by atoms with van der Waals surface area (Å²) in [6.45, 7) is 2.00. The molecule has 1 atom stereocenters. The highest BCUT2D eigenvalue weighted by Crippen LogP contribution is 2.43. The predicted molar refractivity (Wildman–Crippen MR) is 124 cm³/mol. The smallest absolute Gasteiger partial charge is 0.203 e. The van der Waals surface area contributed by atoms with E-state index < -0.39 is 6.04 Å². The van der Waals surface area contributed by atoms with Crippen LogP contribution in [0.4, 0.5) is 5.82 Å². The predicted octanol–water partition coefficient (Wildman–Crippen LogP) is 4.87. The molecule has 0 aliphatic rings. The number of aryl methyl sites for hydroxylation is 1. The summed E-state index contributed by atoms with van der Waals surface area (Å²) in [6, 6.07) is 14.7. The molecule has 2 aromatic carbocycles. The lowest BCUT2D eigenvalue weighted by molar-refractivity contribution is 0.323. The minimum Gasteiger partial charge on any atom is -0.505 e. The molecule has 164 valence electrons. The van der Waals surface area contributed by atoms with E-state index in [-0.39, 0.29) is 5.75 Å². The summed E-state index contributed by atoms with van der Waals surface area (Å²) < 4.78 is 16.6. The van der Waals surface area contributed by atoms with Crippen LogP contribution >= 0.6 is 0 Å². The van der Waals surface area contributed by atoms with Gasteiger partial charge in [0.1, 0.15) is 17.1 Å². The number of nitrogens with one attached hydrogen (secondary N) is 1. The summed E-state index contributed by atoms with van der Waals surface area (Å²) >= 11 is 0. The molecule has 7 nitrogen and oxygen atoms in total. The highest BCUT2D eigenvalue weighted by atomic mass is 16.5. The summed E-state index contributed by atoms with van der Waals surface area (Å²) in [5, 5.41) is 15.5. The van der Waals surface area contributed by atoms with Crippen molar-refractivity contribution in [2.45, 2.75) is 13.0 Å². The molecule has 0 aliphatic heterocycles. The van der Waals surface area contributed by atoms with E-state index in [1.165, 1.54) is 0 Å². The van der Waals surface area contributed by atoms with Crippen molar-refractivity contribution in [3.8, 4) is 23.0 Å². The van der Waals surface area contributed by atoms with Crippen molar-refractivity contribution in [1.29, 1.82) is 0 Å². The standard InChI is InChI=1S/C25H25N3O4/c1-15-9-11-26-21(12-15)28-22(17-13-19(30-2)25(32-4)20(14-17)31-3)18-8-7-16-6-5-10-27-23(16)24(18)29/h5-14,22,29H,1-4H3,(H,26,28)/t22-/m1/s1. The van der Waals surface area contributed by atoms with E-state index in [2.05, 4.69) is 15.3 Å². The van der Waals surface area contributed by atoms with Gasteiger partial charge in [0.2, 0.25) is 5.75 Å². The number of ether oxygens (including phenoxy) is 3. The highest BCUT2D eigenvalue weighted by Gasteiger charge is 2.24. The third kappa shape index (κ3) is 3.97. The number of aromatic hydroxyl groups is 1. The summed E-state index contributed by atoms with van der Waals surface area (Å²) in [5.41, 5.74) is 3.04. The third-order valence-corrected chi connectivity index (χ3v) is 5.32. The van der Waals surface area contributed by atoms with Crippen LogP contribution in [-0.2, 0) is 0 Å². The molecule has 0 unspecified atom stereocenters. The monoisotopic (exact) mass is 431 g/mol. The fourth-order valence-electron chi connectivity index (χ4n) is 3.75. The number of fused-ring (bicyclic) bond motifs is 1. The molecule has 4 aromatic rings. The van der Waals surface area contributed by atoms with Crippen molar-refractivity contribution < 1.29 is 19.3 Å². The van der Waals surface area contributed by atoms with Crippen LogP contribution in [0.2, 0.25) is 0 Å². The molecule has 0 spiro atoms. The molecule has 7 heteroatoms. The van der Waals surface area contributed by atoms with Gasteiger partial charge in [-0.1, -0.05) is 18.2 Å². The zero-order chi connectivity index (χ0) is 22.7. The first-order valence-electron chi connectivity index (χ1n) is 10.1. The Balaban J connectivity index is 1.92. The summed E-state index contributed by atoms with van der Waals surface area (Å²) in [4.78, 5) is 8.82. The Morgan fingerprint density at radius 1 is 0.875 bits per heavy atom. The molecular weight excluding hydrogens is 406 g/mol. The topological polar surface area (TPSA) is 85.7 Å². The van der Waals surface area contributed by atoms with Gasteiger partial charge in [0, 0.05) is 23.3 Å². The Labute approximate surface area is 186 Å². The summed E-state index contributed by atoms with van der Waals surface area (Å²) in [5.74, 6) is 2.30. The molecule has 0 fully saturated rings. The number of rotatable bonds is 7. The number of hydrogen-bond acceptors (Lipinski definition) is 7. The van der Waals surface area contributed by atoms with Crippen LogP contribution in [0.3, 0.4) is 0 Å². The van der Waals surface area contributed by atoms with Crippen LogP contribution in [0.1, 0.15) is 22.7 Å². The lowest BCUT2D eigenvalue weighted by Crippen LogP contribution is -2.14. The van der Waals surface area contributed by atoms with E-state index in [4.69, 9.17) is 14.2 Å². The van der Waals surface area contributed by atoms with Gasteiger partial charge in [0.25, 0.3) is 0 Å². The fourth-order valence-corrected chi connectivity index (χ4v) is 3.75. The maximum atomic E-state index is 11.2. The number of nitrogens with zero attached hydrogens (tertiary/aromatic N) is 2. The first-order valence-corrected chi connectivity index (χ1v) is 10.1. The SMILES string of the molecule is COc1cc([C@@H](Nc2cc(C)ccn2)c2ccc3cccnc3c2O)cc(OC)c1OC. The van der Waals surface area contributed by atoms with Crippen molar-refractivity contribution in [3.05, 3.63) is 77.6 Å². The fraction of sp³-hybridized carbons (Fsp3) is 0.200. The van der Waals surface area contributed by atoms with E-state index in [0.29, 0.717) is 34.1 Å². The largest absolute Gasteiger partial charge is 0.505 e. The van der Waals surface area contributed by atoms with Gasteiger partial charge in [-0.2, -0.15) is 0 Å². The van der Waals surface area contributed by atoms with Gasteiger partial charge in [-0.15, -0.1) is 0 Å². The summed E-state index contributed by atoms with van der Waals surface area (Å²) in [6.07, 6.45) is 3.40. The number of aromatic nitrogens is 2. The average Bonchev–Trinajstić information content (AvgIpc) is 2.82. The van der Waals surface area contributed by atoms with E-state index in [9.17, 15) is 5.11 Å². The molecule has 2 aromatic heterocycles. The highest BCUT2D eigenvalue weighted by molar-refractivity contribution is 5.86. The van der Waals surface area contributed by atoms with Crippen LogP contribution in [-0.4, -0.2) is 36.4 Å². The number of anilines is 1. The third-order valence-electron chi connectivity index (χ3n) is 5.32. The first kappa shape index (κ1) is 21.2. The number of methoxy groups -OCH3 is 3. The Kier molecular flexibility index (Phi) is 5.98. The van der Waals surface area contributed by atoms with Crippen molar-refractivity contribution in [3.63, 3.8) is 0 Å². The van der Waals surface area contributed by atoms with Gasteiger partial charge in [-0.05, 0) is 48.4 Å². The molecule has 2 N–H and O–H groups in total. The van der Waals surface area contributed by atoms with E-state index in [0.717, 1.165) is 16.5 Å². The lowest BCUT2D eigenvalue weighted by Gasteiger charge is -2.24. The number of phenolic OH excluding ortho intramolecular Hbond substituents is 1. The van der Waals surface area contributed by atoms with Crippen molar-refractivity contribution in [2.24, 2.45) is 0 Å². The number of hydrogen-bond donors (Lipinski definition) is 2. The van der Waals surface area contributed by atoms with E-state index >= 15 is 0 Å². The van der Waals surface area contributed by atoms with Gasteiger partial charge < -0.3 is 24.6 Å². The molecule has 0 amide bonds. The molecule has 0 saturated carbocycles. The molecule has 0 saturated heterocycles. The second-order valence-corrected chi connectivity index (χ2v) is 7.33. The van der Waals surface area contributed by atoms with Crippen LogP contribution < -0.4 is 19.5 Å². The van der Waals surface area contributed by atoms with Crippen LogP contribution in [0.15, 0.2) is 60.9 Å². The number of benzene rings is 2. The minimum atomic E-state index is -0.468. The second kappa shape index (κ2) is 9.01. The number of phenols is 1. The van der Waals surface area contributed by atoms with Crippen LogP contribution in [0, 0.1) is 6.92 Å². The molecule has 0 radical (unpaired) electrons. The summed E-state index contributed by atoms with van der Waals surface area (Å²) in [7, 11) is 4.71. The molecule has 4 rings (SSSR count). The normalized spacial score (nSPS) is 11.8. The lowest BCUT2D eigenvalue weighted by atomic mass is 9.95. The van der Waals surface area contributed by atoms with Crippen molar-refractivity contribution >= 4 is 16.7 Å². The molecular formula is C25H25N3O4. The maximum Gasteiger partial charge on any atom is 0.203 e. The van der Waals surface area contributed by atoms with Gasteiger partial charge in [0.15, 0.2) is 11.5 Å². The molecule has 2 heterocycles. The van der Waals surface area contributed by atoms with Crippen molar-refractivity contribution in [2.75, 3.05) is 26.6 Å². The number of pyridine rings is 2. The van der Waals surface area contributed by atoms with Crippen molar-refractivity contribution in [1.82, 2.24) is 9.97 Å². The minimum absolute atomic E-state index is 0.0991. The van der Waals surface area contributed by atoms with E-state index in [1.54, 1.807) is 33.7 Å². The Morgan fingerprint density at radius 3 is 2.28 bits per heavy atom. The Bertz CT molecular complexity index is 1230. The second-order valence-electron chi connectivity index (χ2n) is 7.33. The van der Waals surface area contributed by atoms with E-state index in [1.807, 2.05) is 55.5 Å². The van der Waals surface area contributed by atoms with Gasteiger partial charge in [-0.25, -0.2) is 4.98 Å². The quantitative estimate of drug-likeness (QED) is 0.432. The molecule has 32 heavy (non-hydrogen) atoms. The zero-order valence-corrected chi connectivity index (χ0v) is 18.4. The Hall–Kier alpha value is -4.00. The van der Waals surface area contributed by atoms with Crippen LogP contribution in [0.5, 0.6) is 23.0 Å². The van der Waals surface area contributed by atoms with Gasteiger partial charge in [-0.3, -0.25) is 4.98 Å².